The molecule has 0 fully saturated rings. The Morgan fingerprint density at radius 2 is 2.14 bits per heavy atom. The van der Waals surface area contributed by atoms with E-state index in [1.165, 1.54) is 0 Å². The molecule has 4 heteroatoms. The van der Waals surface area contributed by atoms with Gasteiger partial charge in [0.15, 0.2) is 0 Å². The van der Waals surface area contributed by atoms with Crippen molar-refractivity contribution in [2.24, 2.45) is 5.73 Å². The monoisotopic (exact) mass is 210 g/mol. The molecule has 0 radical (unpaired) electrons. The second-order valence-electron chi connectivity index (χ2n) is 3.07. The molecule has 0 aliphatic heterocycles. The van der Waals surface area contributed by atoms with Crippen LogP contribution in [0.1, 0.15) is 30.5 Å². The van der Waals surface area contributed by atoms with Crippen LogP contribution in [0.15, 0.2) is 11.0 Å². The van der Waals surface area contributed by atoms with Crippen LogP contribution in [-0.2, 0) is 12.8 Å². The number of thiocarbonyl (C=S) groups is 1. The predicted octanol–water partition coefficient (Wildman–Crippen LogP) is 1.13. The molecule has 0 unspecified atom stereocenters. The van der Waals surface area contributed by atoms with E-state index < -0.39 is 0 Å². The maximum absolute atomic E-state index is 11.5. The molecule has 3 nitrogen and oxygen atoms in total. The third kappa shape index (κ3) is 1.85. The van der Waals surface area contributed by atoms with E-state index in [-0.39, 0.29) is 10.5 Å². The van der Waals surface area contributed by atoms with E-state index in [2.05, 4.69) is 4.98 Å². The molecule has 1 aromatic rings. The molecule has 1 rings (SSSR count). The van der Waals surface area contributed by atoms with Crippen molar-refractivity contribution in [1.82, 2.24) is 4.98 Å². The summed E-state index contributed by atoms with van der Waals surface area (Å²) >= 11 is 4.87. The molecule has 1 heterocycles. The van der Waals surface area contributed by atoms with Gasteiger partial charge in [-0.05, 0) is 24.0 Å². The van der Waals surface area contributed by atoms with Gasteiger partial charge in [-0.3, -0.25) is 4.79 Å². The molecule has 14 heavy (non-hydrogen) atoms. The van der Waals surface area contributed by atoms with Gasteiger partial charge in [-0.15, -0.1) is 0 Å². The summed E-state index contributed by atoms with van der Waals surface area (Å²) in [7, 11) is 0. The van der Waals surface area contributed by atoms with Crippen LogP contribution in [0.5, 0.6) is 0 Å². The van der Waals surface area contributed by atoms with Crippen molar-refractivity contribution in [3.05, 3.63) is 33.2 Å². The molecule has 76 valence electrons. The molecule has 0 amide bonds. The van der Waals surface area contributed by atoms with E-state index in [4.69, 9.17) is 18.0 Å². The Morgan fingerprint density at radius 1 is 1.50 bits per heavy atom. The average molecular weight is 210 g/mol. The molecule has 0 aromatic carbocycles. The fourth-order valence-electron chi connectivity index (χ4n) is 1.59. The first-order valence-corrected chi connectivity index (χ1v) is 5.05. The van der Waals surface area contributed by atoms with E-state index in [1.54, 1.807) is 6.20 Å². The van der Waals surface area contributed by atoms with Crippen molar-refractivity contribution >= 4 is 17.2 Å². The van der Waals surface area contributed by atoms with Crippen LogP contribution in [0, 0.1) is 0 Å². The van der Waals surface area contributed by atoms with Gasteiger partial charge in [-0.1, -0.05) is 26.1 Å². The first-order chi connectivity index (χ1) is 6.61. The zero-order valence-electron chi connectivity index (χ0n) is 8.39. The van der Waals surface area contributed by atoms with Crippen LogP contribution < -0.4 is 11.3 Å². The highest BCUT2D eigenvalue weighted by molar-refractivity contribution is 7.80. The summed E-state index contributed by atoms with van der Waals surface area (Å²) in [6, 6.07) is 0. The van der Waals surface area contributed by atoms with E-state index in [9.17, 15) is 4.79 Å². The number of nitrogens with two attached hydrogens (primary N) is 1. The van der Waals surface area contributed by atoms with Crippen LogP contribution in [-0.4, -0.2) is 9.97 Å². The number of aromatic amines is 1. The first kappa shape index (κ1) is 10.9. The lowest BCUT2D eigenvalue weighted by Crippen LogP contribution is -2.25. The first-order valence-electron chi connectivity index (χ1n) is 4.65. The molecule has 0 aliphatic carbocycles. The normalized spacial score (nSPS) is 10.1. The third-order valence-electron chi connectivity index (χ3n) is 2.27. The summed E-state index contributed by atoms with van der Waals surface area (Å²) in [5.74, 6) is 0. The van der Waals surface area contributed by atoms with Gasteiger partial charge >= 0.3 is 0 Å². The Labute approximate surface area is 88.3 Å². The number of aryl methyl sites for hydroxylation is 1. The van der Waals surface area contributed by atoms with E-state index in [1.807, 2.05) is 13.8 Å². The zero-order chi connectivity index (χ0) is 10.7. The summed E-state index contributed by atoms with van der Waals surface area (Å²) in [6.07, 6.45) is 3.39. The highest BCUT2D eigenvalue weighted by atomic mass is 32.1. The van der Waals surface area contributed by atoms with Gasteiger partial charge < -0.3 is 10.7 Å². The fraction of sp³-hybridized carbons (Fsp3) is 0.400. The average Bonchev–Trinajstić information content (AvgIpc) is 2.16. The smallest absolute Gasteiger partial charge is 0.258 e. The SMILES string of the molecule is CCc1c[nH]c(=O)c(C(N)=S)c1CC. The summed E-state index contributed by atoms with van der Waals surface area (Å²) < 4.78 is 0. The number of hydrogen-bond acceptors (Lipinski definition) is 2. The topological polar surface area (TPSA) is 58.9 Å². The lowest BCUT2D eigenvalue weighted by atomic mass is 10.0. The number of nitrogens with one attached hydrogen (secondary N) is 1. The van der Waals surface area contributed by atoms with Gasteiger partial charge in [0.1, 0.15) is 4.99 Å². The van der Waals surface area contributed by atoms with Gasteiger partial charge in [-0.25, -0.2) is 0 Å². The maximum Gasteiger partial charge on any atom is 0.258 e. The van der Waals surface area contributed by atoms with Crippen molar-refractivity contribution in [1.29, 1.82) is 0 Å². The van der Waals surface area contributed by atoms with E-state index >= 15 is 0 Å². The minimum absolute atomic E-state index is 0.179. The summed E-state index contributed by atoms with van der Waals surface area (Å²) in [6.45, 7) is 4.03. The Balaban J connectivity index is 3.51. The van der Waals surface area contributed by atoms with Gasteiger partial charge in [0.2, 0.25) is 0 Å². The lowest BCUT2D eigenvalue weighted by molar-refractivity contribution is 0.992. The van der Waals surface area contributed by atoms with Gasteiger partial charge in [0.25, 0.3) is 5.56 Å². The van der Waals surface area contributed by atoms with Crippen LogP contribution in [0.3, 0.4) is 0 Å². The summed E-state index contributed by atoms with van der Waals surface area (Å²) in [4.78, 5) is 14.3. The quantitative estimate of drug-likeness (QED) is 0.735. The third-order valence-corrected chi connectivity index (χ3v) is 2.48. The molecule has 0 bridgehead atoms. The molecule has 0 saturated carbocycles. The van der Waals surface area contributed by atoms with Crippen molar-refractivity contribution in [2.75, 3.05) is 0 Å². The van der Waals surface area contributed by atoms with Gasteiger partial charge in [0.05, 0.1) is 5.56 Å². The van der Waals surface area contributed by atoms with Crippen LogP contribution in [0.25, 0.3) is 0 Å². The predicted molar refractivity (Wildman–Crippen MR) is 61.7 cm³/mol. The van der Waals surface area contributed by atoms with Crippen LogP contribution in [0.2, 0.25) is 0 Å². The largest absolute Gasteiger partial charge is 0.389 e. The van der Waals surface area contributed by atoms with Crippen molar-refractivity contribution < 1.29 is 0 Å². The minimum Gasteiger partial charge on any atom is -0.389 e. The highest BCUT2D eigenvalue weighted by Crippen LogP contribution is 2.11. The second kappa shape index (κ2) is 4.37. The van der Waals surface area contributed by atoms with Gasteiger partial charge in [-0.2, -0.15) is 0 Å². The molecule has 0 saturated heterocycles. The lowest BCUT2D eigenvalue weighted by Gasteiger charge is -2.09. The van der Waals surface area contributed by atoms with Crippen molar-refractivity contribution in [3.8, 4) is 0 Å². The number of rotatable bonds is 3. The molecule has 0 atom stereocenters. The van der Waals surface area contributed by atoms with E-state index in [0.29, 0.717) is 5.56 Å². The van der Waals surface area contributed by atoms with Gasteiger partial charge in [0, 0.05) is 6.20 Å². The number of aromatic nitrogens is 1. The standard InChI is InChI=1S/C10H14N2OS/c1-3-6-5-12-10(13)8(9(11)14)7(6)4-2/h5H,3-4H2,1-2H3,(H2,11,14)(H,12,13). The molecule has 0 aliphatic rings. The zero-order valence-corrected chi connectivity index (χ0v) is 9.20. The Hall–Kier alpha value is -1.16. The fourth-order valence-corrected chi connectivity index (χ4v) is 1.81. The number of pyridine rings is 1. The number of H-pyrrole nitrogens is 1. The van der Waals surface area contributed by atoms with Crippen molar-refractivity contribution in [2.45, 2.75) is 26.7 Å². The molecule has 1 aromatic heterocycles. The van der Waals surface area contributed by atoms with Crippen LogP contribution >= 0.6 is 12.2 Å². The second-order valence-corrected chi connectivity index (χ2v) is 3.51. The minimum atomic E-state index is -0.188. The number of hydrogen-bond donors (Lipinski definition) is 2. The van der Waals surface area contributed by atoms with Crippen LogP contribution in [0.4, 0.5) is 0 Å². The Bertz CT molecular complexity index is 409. The van der Waals surface area contributed by atoms with Crippen molar-refractivity contribution in [3.63, 3.8) is 0 Å². The Kier molecular flexibility index (Phi) is 3.41. The summed E-state index contributed by atoms with van der Waals surface area (Å²) in [5.41, 5.74) is 7.89. The Morgan fingerprint density at radius 3 is 2.57 bits per heavy atom. The molecule has 3 N–H and O–H groups in total. The molecular formula is C10H14N2OS. The van der Waals surface area contributed by atoms with E-state index in [0.717, 1.165) is 24.0 Å². The summed E-state index contributed by atoms with van der Waals surface area (Å²) in [5, 5.41) is 0. The molecular weight excluding hydrogens is 196 g/mol. The maximum atomic E-state index is 11.5. The highest BCUT2D eigenvalue weighted by Gasteiger charge is 2.11. The molecule has 0 spiro atoms.